The van der Waals surface area contributed by atoms with Crippen molar-refractivity contribution in [1.82, 2.24) is 0 Å². The fourth-order valence-corrected chi connectivity index (χ4v) is 4.50. The van der Waals surface area contributed by atoms with Gasteiger partial charge in [0.05, 0.1) is 0 Å². The normalized spacial score (nSPS) is 27.6. The van der Waals surface area contributed by atoms with Gasteiger partial charge in [0.1, 0.15) is 0 Å². The SMILES string of the molecule is NC(Cc1ccc(Br)cc1)C1C2CCc3ccccc3C21. The van der Waals surface area contributed by atoms with Gasteiger partial charge < -0.3 is 5.73 Å². The molecule has 1 fully saturated rings. The first-order valence-corrected chi connectivity index (χ1v) is 8.61. The summed E-state index contributed by atoms with van der Waals surface area (Å²) >= 11 is 3.49. The monoisotopic (exact) mass is 341 g/mol. The van der Waals surface area contributed by atoms with E-state index in [1.807, 2.05) is 0 Å². The van der Waals surface area contributed by atoms with Gasteiger partial charge in [-0.2, -0.15) is 0 Å². The highest BCUT2D eigenvalue weighted by molar-refractivity contribution is 9.10. The van der Waals surface area contributed by atoms with Crippen LogP contribution < -0.4 is 5.73 Å². The van der Waals surface area contributed by atoms with Crippen molar-refractivity contribution in [2.45, 2.75) is 31.2 Å². The molecule has 4 atom stereocenters. The number of fused-ring (bicyclic) bond motifs is 3. The van der Waals surface area contributed by atoms with Gasteiger partial charge in [-0.15, -0.1) is 0 Å². The second kappa shape index (κ2) is 5.26. The molecule has 2 aromatic rings. The van der Waals surface area contributed by atoms with Gasteiger partial charge in [-0.25, -0.2) is 0 Å². The van der Waals surface area contributed by atoms with Gasteiger partial charge in [0.15, 0.2) is 0 Å². The second-order valence-corrected chi connectivity index (χ2v) is 7.41. The Morgan fingerprint density at radius 2 is 1.86 bits per heavy atom. The Morgan fingerprint density at radius 1 is 1.10 bits per heavy atom. The van der Waals surface area contributed by atoms with E-state index in [-0.39, 0.29) is 6.04 Å². The lowest BCUT2D eigenvalue weighted by Gasteiger charge is -2.13. The number of benzene rings is 2. The summed E-state index contributed by atoms with van der Waals surface area (Å²) in [6.07, 6.45) is 3.55. The quantitative estimate of drug-likeness (QED) is 0.885. The first kappa shape index (κ1) is 13.5. The Hall–Kier alpha value is -1.12. The third kappa shape index (κ3) is 2.45. The Morgan fingerprint density at radius 3 is 2.67 bits per heavy atom. The smallest absolute Gasteiger partial charge is 0.0175 e. The highest BCUT2D eigenvalue weighted by Crippen LogP contribution is 2.61. The van der Waals surface area contributed by atoms with E-state index in [9.17, 15) is 0 Å². The third-order valence-corrected chi connectivity index (χ3v) is 5.80. The average molecular weight is 342 g/mol. The Bertz CT molecular complexity index is 649. The Kier molecular flexibility index (Phi) is 3.39. The van der Waals surface area contributed by atoms with Gasteiger partial charge in [0, 0.05) is 10.5 Å². The largest absolute Gasteiger partial charge is 0.327 e. The topological polar surface area (TPSA) is 26.0 Å². The number of aryl methyl sites for hydroxylation is 1. The molecule has 0 amide bonds. The molecule has 2 aliphatic rings. The summed E-state index contributed by atoms with van der Waals surface area (Å²) in [5.41, 5.74) is 11.0. The van der Waals surface area contributed by atoms with Gasteiger partial charge in [-0.05, 0) is 65.8 Å². The summed E-state index contributed by atoms with van der Waals surface area (Å²) in [7, 11) is 0. The summed E-state index contributed by atoms with van der Waals surface area (Å²) in [5.74, 6) is 2.23. The molecular formula is C19H20BrN. The molecule has 0 aromatic heterocycles. The molecular weight excluding hydrogens is 322 g/mol. The molecule has 2 heteroatoms. The lowest BCUT2D eigenvalue weighted by atomic mass is 9.92. The molecule has 2 aliphatic carbocycles. The predicted molar refractivity (Wildman–Crippen MR) is 90.3 cm³/mol. The van der Waals surface area contributed by atoms with Crippen molar-refractivity contribution in [2.75, 3.05) is 0 Å². The molecule has 0 radical (unpaired) electrons. The summed E-state index contributed by atoms with van der Waals surface area (Å²) in [6, 6.07) is 17.8. The number of hydrogen-bond acceptors (Lipinski definition) is 1. The Labute approximate surface area is 134 Å². The number of halogens is 1. The zero-order valence-corrected chi connectivity index (χ0v) is 13.6. The van der Waals surface area contributed by atoms with Crippen molar-refractivity contribution in [3.8, 4) is 0 Å². The van der Waals surface area contributed by atoms with Gasteiger partial charge in [0.25, 0.3) is 0 Å². The third-order valence-electron chi connectivity index (χ3n) is 5.27. The molecule has 2 aromatic carbocycles. The van der Waals surface area contributed by atoms with E-state index >= 15 is 0 Å². The molecule has 0 aliphatic heterocycles. The predicted octanol–water partition coefficient (Wildman–Crippen LogP) is 4.29. The molecule has 4 rings (SSSR count). The van der Waals surface area contributed by atoms with Crippen molar-refractivity contribution in [3.63, 3.8) is 0 Å². The second-order valence-electron chi connectivity index (χ2n) is 6.50. The van der Waals surface area contributed by atoms with Crippen molar-refractivity contribution in [2.24, 2.45) is 17.6 Å². The highest BCUT2D eigenvalue weighted by atomic mass is 79.9. The van der Waals surface area contributed by atoms with E-state index in [1.165, 1.54) is 18.4 Å². The van der Waals surface area contributed by atoms with Crippen LogP contribution in [-0.2, 0) is 12.8 Å². The van der Waals surface area contributed by atoms with Crippen LogP contribution in [0.2, 0.25) is 0 Å². The average Bonchev–Trinajstić information content (AvgIpc) is 3.25. The van der Waals surface area contributed by atoms with Crippen molar-refractivity contribution < 1.29 is 0 Å². The lowest BCUT2D eigenvalue weighted by Crippen LogP contribution is -2.26. The summed E-state index contributed by atoms with van der Waals surface area (Å²) in [5, 5.41) is 0. The molecule has 1 nitrogen and oxygen atoms in total. The standard InChI is InChI=1S/C19H20BrN/c20-14-8-5-12(6-9-14)11-17(21)19-16-10-7-13-3-1-2-4-15(13)18(16)19/h1-6,8-9,16-19H,7,10-11,21H2. The van der Waals surface area contributed by atoms with Crippen LogP contribution in [-0.4, -0.2) is 6.04 Å². The summed E-state index contributed by atoms with van der Waals surface area (Å²) < 4.78 is 1.13. The molecule has 0 bridgehead atoms. The molecule has 2 N–H and O–H groups in total. The van der Waals surface area contributed by atoms with Crippen LogP contribution in [0, 0.1) is 11.8 Å². The van der Waals surface area contributed by atoms with E-state index in [0.29, 0.717) is 5.92 Å². The van der Waals surface area contributed by atoms with Crippen molar-refractivity contribution in [1.29, 1.82) is 0 Å². The van der Waals surface area contributed by atoms with Crippen molar-refractivity contribution >= 4 is 15.9 Å². The van der Waals surface area contributed by atoms with Crippen molar-refractivity contribution in [3.05, 3.63) is 69.7 Å². The molecule has 21 heavy (non-hydrogen) atoms. The van der Waals surface area contributed by atoms with Crippen LogP contribution in [0.15, 0.2) is 53.0 Å². The van der Waals surface area contributed by atoms with E-state index in [4.69, 9.17) is 5.73 Å². The minimum Gasteiger partial charge on any atom is -0.327 e. The molecule has 4 unspecified atom stereocenters. The maximum atomic E-state index is 6.55. The number of rotatable bonds is 3. The maximum absolute atomic E-state index is 6.55. The molecule has 0 saturated heterocycles. The van der Waals surface area contributed by atoms with Crippen LogP contribution in [0.1, 0.15) is 29.0 Å². The first-order valence-electron chi connectivity index (χ1n) is 7.82. The van der Waals surface area contributed by atoms with E-state index < -0.39 is 0 Å². The number of nitrogens with two attached hydrogens (primary N) is 1. The van der Waals surface area contributed by atoms with Crippen LogP contribution in [0.25, 0.3) is 0 Å². The zero-order chi connectivity index (χ0) is 14.4. The fraction of sp³-hybridized carbons (Fsp3) is 0.368. The zero-order valence-electron chi connectivity index (χ0n) is 12.0. The van der Waals surface area contributed by atoms with Gasteiger partial charge in [0.2, 0.25) is 0 Å². The molecule has 0 spiro atoms. The van der Waals surface area contributed by atoms with Crippen LogP contribution in [0.3, 0.4) is 0 Å². The fourth-order valence-electron chi connectivity index (χ4n) is 4.23. The molecule has 1 saturated carbocycles. The van der Waals surface area contributed by atoms with Crippen LogP contribution in [0.5, 0.6) is 0 Å². The molecule has 0 heterocycles. The minimum atomic E-state index is 0.285. The van der Waals surface area contributed by atoms with Crippen LogP contribution >= 0.6 is 15.9 Å². The summed E-state index contributed by atoms with van der Waals surface area (Å²) in [6.45, 7) is 0. The highest BCUT2D eigenvalue weighted by Gasteiger charge is 2.55. The van der Waals surface area contributed by atoms with Gasteiger partial charge in [-0.3, -0.25) is 0 Å². The van der Waals surface area contributed by atoms with E-state index in [1.54, 1.807) is 11.1 Å². The molecule has 108 valence electrons. The number of hydrogen-bond donors (Lipinski definition) is 1. The minimum absolute atomic E-state index is 0.285. The van der Waals surface area contributed by atoms with E-state index in [2.05, 4.69) is 64.5 Å². The lowest BCUT2D eigenvalue weighted by molar-refractivity contribution is 0.532. The van der Waals surface area contributed by atoms with E-state index in [0.717, 1.165) is 22.7 Å². The Balaban J connectivity index is 1.50. The van der Waals surface area contributed by atoms with Gasteiger partial charge in [-0.1, -0.05) is 52.3 Å². The van der Waals surface area contributed by atoms with Gasteiger partial charge >= 0.3 is 0 Å². The maximum Gasteiger partial charge on any atom is 0.0175 e. The summed E-state index contributed by atoms with van der Waals surface area (Å²) in [4.78, 5) is 0. The van der Waals surface area contributed by atoms with Crippen LogP contribution in [0.4, 0.5) is 0 Å². The first-order chi connectivity index (χ1) is 10.2.